The predicted octanol–water partition coefficient (Wildman–Crippen LogP) is 3.34. The fourth-order valence-corrected chi connectivity index (χ4v) is 3.69. The van der Waals surface area contributed by atoms with E-state index in [0.29, 0.717) is 12.2 Å². The molecule has 1 saturated carbocycles. The molecule has 1 fully saturated rings. The smallest absolute Gasteiger partial charge is 0.340 e. The lowest BCUT2D eigenvalue weighted by Gasteiger charge is -2.17. The van der Waals surface area contributed by atoms with Crippen molar-refractivity contribution in [1.82, 2.24) is 29.4 Å². The molecule has 0 saturated heterocycles. The highest BCUT2D eigenvalue weighted by Gasteiger charge is 2.37. The normalized spacial score (nSPS) is 14.5. The third-order valence-electron chi connectivity index (χ3n) is 5.43. The minimum atomic E-state index is -4.51. The Bertz CT molecular complexity index is 1130. The Morgan fingerprint density at radius 2 is 1.93 bits per heavy atom. The average Bonchev–Trinajstić information content (AvgIpc) is 3.39. The maximum absolute atomic E-state index is 13.7. The Labute approximate surface area is 171 Å². The van der Waals surface area contributed by atoms with Gasteiger partial charge in [-0.15, -0.1) is 0 Å². The number of aryl methyl sites for hydroxylation is 3. The van der Waals surface area contributed by atoms with Gasteiger partial charge in [0.2, 0.25) is 5.91 Å². The largest absolute Gasteiger partial charge is 0.417 e. The van der Waals surface area contributed by atoms with Crippen LogP contribution in [0.25, 0.3) is 11.0 Å². The molecule has 0 spiro atoms. The van der Waals surface area contributed by atoms with Crippen molar-refractivity contribution >= 4 is 16.9 Å². The quantitative estimate of drug-likeness (QED) is 0.635. The summed E-state index contributed by atoms with van der Waals surface area (Å²) < 4.78 is 44.1. The number of carbonyl (C=O) groups excluding carboxylic acids is 1. The van der Waals surface area contributed by atoms with Gasteiger partial charge in [-0.25, -0.2) is 9.67 Å². The Hall–Kier alpha value is -2.91. The summed E-state index contributed by atoms with van der Waals surface area (Å²) in [6.45, 7) is 3.55. The first-order valence-corrected chi connectivity index (χ1v) is 9.73. The number of hydrogen-bond acceptors (Lipinski definition) is 4. The maximum atomic E-state index is 13.7. The minimum absolute atomic E-state index is 0.0366. The molecule has 10 heteroatoms. The summed E-state index contributed by atoms with van der Waals surface area (Å²) in [5, 5.41) is 8.45. The van der Waals surface area contributed by atoms with E-state index in [1.807, 2.05) is 13.1 Å². The number of hydrogen-bond donors (Lipinski definition) is 0. The molecule has 0 N–H and O–H groups in total. The molecule has 160 valence electrons. The van der Waals surface area contributed by atoms with Gasteiger partial charge in [0.15, 0.2) is 5.65 Å². The highest BCUT2D eigenvalue weighted by atomic mass is 19.4. The van der Waals surface area contributed by atoms with Crippen molar-refractivity contribution in [3.63, 3.8) is 0 Å². The van der Waals surface area contributed by atoms with Crippen molar-refractivity contribution in [2.45, 2.75) is 51.9 Å². The van der Waals surface area contributed by atoms with Gasteiger partial charge in [0, 0.05) is 44.0 Å². The summed E-state index contributed by atoms with van der Waals surface area (Å²) in [7, 11) is 3.45. The van der Waals surface area contributed by atoms with Gasteiger partial charge in [-0.2, -0.15) is 23.4 Å². The number of aromatic nitrogens is 5. The van der Waals surface area contributed by atoms with E-state index in [-0.39, 0.29) is 35.1 Å². The number of fused-ring (bicyclic) bond motifs is 1. The summed E-state index contributed by atoms with van der Waals surface area (Å²) in [5.74, 6) is -0.221. The molecular weight excluding hydrogens is 397 g/mol. The van der Waals surface area contributed by atoms with E-state index in [2.05, 4.69) is 15.2 Å². The van der Waals surface area contributed by atoms with Gasteiger partial charge in [0.25, 0.3) is 0 Å². The molecule has 30 heavy (non-hydrogen) atoms. The molecule has 7 nitrogen and oxygen atoms in total. The van der Waals surface area contributed by atoms with Crippen LogP contribution in [-0.4, -0.2) is 42.4 Å². The fourth-order valence-electron chi connectivity index (χ4n) is 3.69. The molecule has 3 aromatic heterocycles. The molecule has 1 aliphatic rings. The number of halogens is 3. The van der Waals surface area contributed by atoms with Crippen molar-refractivity contribution in [2.24, 2.45) is 7.05 Å². The SMILES string of the molecule is Cc1nn(C)cc1CN(C)C(=O)Cn1nc(C)c2c(C(F)(F)F)cc(C3CC3)nc21. The van der Waals surface area contributed by atoms with Gasteiger partial charge in [-0.1, -0.05) is 0 Å². The highest BCUT2D eigenvalue weighted by Crippen LogP contribution is 2.43. The molecule has 1 amide bonds. The van der Waals surface area contributed by atoms with Gasteiger partial charge in [0.1, 0.15) is 6.54 Å². The molecule has 0 atom stereocenters. The number of carbonyl (C=O) groups is 1. The fraction of sp³-hybridized carbons (Fsp3) is 0.500. The predicted molar refractivity (Wildman–Crippen MR) is 104 cm³/mol. The first-order chi connectivity index (χ1) is 14.0. The van der Waals surface area contributed by atoms with Crippen molar-refractivity contribution in [2.75, 3.05) is 7.05 Å². The maximum Gasteiger partial charge on any atom is 0.417 e. The van der Waals surface area contributed by atoms with E-state index in [4.69, 9.17) is 0 Å². The number of pyridine rings is 1. The molecule has 3 heterocycles. The van der Waals surface area contributed by atoms with E-state index in [9.17, 15) is 18.0 Å². The first kappa shape index (κ1) is 20.4. The van der Waals surface area contributed by atoms with Gasteiger partial charge < -0.3 is 4.90 Å². The van der Waals surface area contributed by atoms with E-state index in [0.717, 1.165) is 30.2 Å². The Morgan fingerprint density at radius 3 is 2.50 bits per heavy atom. The van der Waals surface area contributed by atoms with Crippen LogP contribution in [0, 0.1) is 13.8 Å². The molecule has 0 bridgehead atoms. The number of likely N-dealkylation sites (N-methyl/N-ethyl adjacent to an activating group) is 1. The zero-order valence-corrected chi connectivity index (χ0v) is 17.3. The molecule has 0 aliphatic heterocycles. The minimum Gasteiger partial charge on any atom is -0.340 e. The Balaban J connectivity index is 1.66. The van der Waals surface area contributed by atoms with Gasteiger partial charge in [-0.3, -0.25) is 9.48 Å². The number of alkyl halides is 3. The molecular formula is C20H23F3N6O. The lowest BCUT2D eigenvalue weighted by atomic mass is 10.1. The van der Waals surface area contributed by atoms with Crippen LogP contribution in [-0.2, 0) is 31.1 Å². The van der Waals surface area contributed by atoms with Crippen molar-refractivity contribution in [3.05, 3.63) is 40.5 Å². The van der Waals surface area contributed by atoms with Crippen LogP contribution in [0.2, 0.25) is 0 Å². The van der Waals surface area contributed by atoms with Crippen LogP contribution in [0.3, 0.4) is 0 Å². The molecule has 4 rings (SSSR count). The average molecular weight is 420 g/mol. The van der Waals surface area contributed by atoms with Crippen LogP contribution in [0.4, 0.5) is 13.2 Å². The lowest BCUT2D eigenvalue weighted by molar-refractivity contribution is -0.136. The number of amides is 1. The third-order valence-corrected chi connectivity index (χ3v) is 5.43. The Morgan fingerprint density at radius 1 is 1.23 bits per heavy atom. The third kappa shape index (κ3) is 3.78. The Kier molecular flexibility index (Phi) is 4.82. The monoisotopic (exact) mass is 420 g/mol. The molecule has 0 unspecified atom stereocenters. The van der Waals surface area contributed by atoms with Gasteiger partial charge in [0.05, 0.1) is 22.3 Å². The van der Waals surface area contributed by atoms with E-state index in [1.54, 1.807) is 18.8 Å². The second kappa shape index (κ2) is 7.10. The van der Waals surface area contributed by atoms with Crippen molar-refractivity contribution in [3.8, 4) is 0 Å². The zero-order chi connectivity index (χ0) is 21.8. The lowest BCUT2D eigenvalue weighted by Crippen LogP contribution is -2.30. The van der Waals surface area contributed by atoms with Crippen LogP contribution in [0.5, 0.6) is 0 Å². The van der Waals surface area contributed by atoms with Crippen molar-refractivity contribution < 1.29 is 18.0 Å². The first-order valence-electron chi connectivity index (χ1n) is 9.73. The summed E-state index contributed by atoms with van der Waals surface area (Å²) in [6.07, 6.45) is -1.02. The summed E-state index contributed by atoms with van der Waals surface area (Å²) in [5.41, 5.74) is 1.74. The summed E-state index contributed by atoms with van der Waals surface area (Å²) in [6, 6.07) is 1.14. The summed E-state index contributed by atoms with van der Waals surface area (Å²) in [4.78, 5) is 18.8. The standard InChI is InChI=1S/C20H23F3N6O/c1-11-14(9-28(4)25-11)8-27(3)17(30)10-29-19-18(12(2)26-29)15(20(21,22)23)7-16(24-19)13-5-6-13/h7,9,13H,5-6,8,10H2,1-4H3. The van der Waals surface area contributed by atoms with Crippen molar-refractivity contribution in [1.29, 1.82) is 0 Å². The molecule has 3 aromatic rings. The molecule has 0 radical (unpaired) electrons. The van der Waals surface area contributed by atoms with Crippen LogP contribution >= 0.6 is 0 Å². The van der Waals surface area contributed by atoms with E-state index in [1.165, 1.54) is 16.5 Å². The number of nitrogens with zero attached hydrogens (tertiary/aromatic N) is 6. The summed E-state index contributed by atoms with van der Waals surface area (Å²) >= 11 is 0. The van der Waals surface area contributed by atoms with E-state index < -0.39 is 11.7 Å². The topological polar surface area (TPSA) is 68.8 Å². The zero-order valence-electron chi connectivity index (χ0n) is 17.3. The van der Waals surface area contributed by atoms with Gasteiger partial charge >= 0.3 is 6.18 Å². The molecule has 1 aliphatic carbocycles. The number of rotatable bonds is 5. The van der Waals surface area contributed by atoms with Crippen LogP contribution in [0.15, 0.2) is 12.3 Å². The van der Waals surface area contributed by atoms with E-state index >= 15 is 0 Å². The van der Waals surface area contributed by atoms with Crippen LogP contribution in [0.1, 0.15) is 47.0 Å². The second-order valence-corrected chi connectivity index (χ2v) is 7.97. The molecule has 0 aromatic carbocycles. The second-order valence-electron chi connectivity index (χ2n) is 7.97. The van der Waals surface area contributed by atoms with Gasteiger partial charge in [-0.05, 0) is 32.8 Å². The highest BCUT2D eigenvalue weighted by molar-refractivity contribution is 5.85. The van der Waals surface area contributed by atoms with Crippen LogP contribution < -0.4 is 0 Å².